The van der Waals surface area contributed by atoms with Crippen LogP contribution in [0.1, 0.15) is 0 Å². The first-order valence-electron chi connectivity index (χ1n) is 2.87. The fraction of sp³-hybridized carbons (Fsp3) is 0.143. The van der Waals surface area contributed by atoms with Crippen LogP contribution in [-0.2, 0) is 0 Å². The van der Waals surface area contributed by atoms with Crippen LogP contribution in [0.4, 0.5) is 10.1 Å². The van der Waals surface area contributed by atoms with Crippen LogP contribution in [0.2, 0.25) is 0 Å². The third-order valence-corrected chi connectivity index (χ3v) is 1.69. The third-order valence-electron chi connectivity index (χ3n) is 1.20. The number of nitrogens with one attached hydrogen (secondary N) is 1. The molecule has 0 fully saturated rings. The third kappa shape index (κ3) is 1.48. The van der Waals surface area contributed by atoms with E-state index in [1.807, 2.05) is 0 Å². The SMILES string of the molecule is CNc1ccc(Br)cc1F. The lowest BCUT2D eigenvalue weighted by Crippen LogP contribution is -1.90. The van der Waals surface area contributed by atoms with Crippen molar-refractivity contribution >= 4 is 21.6 Å². The first-order chi connectivity index (χ1) is 4.74. The molecule has 0 atom stereocenters. The second-order valence-electron chi connectivity index (χ2n) is 1.87. The molecule has 0 spiro atoms. The Labute approximate surface area is 67.4 Å². The molecule has 0 saturated heterocycles. The van der Waals surface area contributed by atoms with Crippen molar-refractivity contribution in [3.05, 3.63) is 28.5 Å². The topological polar surface area (TPSA) is 12.0 Å². The van der Waals surface area contributed by atoms with E-state index in [-0.39, 0.29) is 5.82 Å². The largest absolute Gasteiger partial charge is 0.386 e. The number of anilines is 1. The Morgan fingerprint density at radius 1 is 1.50 bits per heavy atom. The van der Waals surface area contributed by atoms with E-state index >= 15 is 0 Å². The van der Waals surface area contributed by atoms with Gasteiger partial charge in [-0.3, -0.25) is 0 Å². The highest BCUT2D eigenvalue weighted by Crippen LogP contribution is 2.18. The van der Waals surface area contributed by atoms with Crippen molar-refractivity contribution in [1.82, 2.24) is 0 Å². The first kappa shape index (κ1) is 7.54. The van der Waals surface area contributed by atoms with Crippen LogP contribution in [0.3, 0.4) is 0 Å². The molecule has 54 valence electrons. The van der Waals surface area contributed by atoms with Crippen molar-refractivity contribution in [1.29, 1.82) is 0 Å². The minimum absolute atomic E-state index is 0.239. The van der Waals surface area contributed by atoms with Gasteiger partial charge < -0.3 is 5.32 Å². The number of rotatable bonds is 1. The van der Waals surface area contributed by atoms with E-state index in [0.717, 1.165) is 4.47 Å². The Balaban J connectivity index is 3.07. The molecule has 0 heterocycles. The molecule has 0 aliphatic rings. The Kier molecular flexibility index (Phi) is 2.27. The number of halogens is 2. The van der Waals surface area contributed by atoms with E-state index in [2.05, 4.69) is 21.2 Å². The monoisotopic (exact) mass is 203 g/mol. The standard InChI is InChI=1S/C7H7BrFN/c1-10-7-3-2-5(8)4-6(7)9/h2-4,10H,1H3. The van der Waals surface area contributed by atoms with E-state index in [1.165, 1.54) is 6.07 Å². The van der Waals surface area contributed by atoms with Gasteiger partial charge in [-0.05, 0) is 18.2 Å². The average Bonchev–Trinajstić information content (AvgIpc) is 1.88. The maximum absolute atomic E-state index is 12.8. The smallest absolute Gasteiger partial charge is 0.147 e. The highest BCUT2D eigenvalue weighted by atomic mass is 79.9. The molecule has 10 heavy (non-hydrogen) atoms. The molecule has 1 aromatic rings. The molecule has 0 unspecified atom stereocenters. The van der Waals surface area contributed by atoms with Crippen molar-refractivity contribution in [3.8, 4) is 0 Å². The van der Waals surface area contributed by atoms with Gasteiger partial charge in [0.15, 0.2) is 0 Å². The summed E-state index contributed by atoms with van der Waals surface area (Å²) in [6.07, 6.45) is 0. The molecule has 0 radical (unpaired) electrons. The fourth-order valence-corrected chi connectivity index (χ4v) is 1.03. The minimum atomic E-state index is -0.239. The lowest BCUT2D eigenvalue weighted by atomic mass is 10.3. The zero-order chi connectivity index (χ0) is 7.56. The lowest BCUT2D eigenvalue weighted by Gasteiger charge is -2.00. The van der Waals surface area contributed by atoms with Crippen molar-refractivity contribution in [2.45, 2.75) is 0 Å². The first-order valence-corrected chi connectivity index (χ1v) is 3.66. The van der Waals surface area contributed by atoms with E-state index in [0.29, 0.717) is 5.69 Å². The van der Waals surface area contributed by atoms with Crippen molar-refractivity contribution in [2.24, 2.45) is 0 Å². The zero-order valence-corrected chi connectivity index (χ0v) is 7.07. The Morgan fingerprint density at radius 2 is 2.20 bits per heavy atom. The molecule has 1 N–H and O–H groups in total. The van der Waals surface area contributed by atoms with Crippen LogP contribution in [0.5, 0.6) is 0 Å². The van der Waals surface area contributed by atoms with Crippen LogP contribution in [0.25, 0.3) is 0 Å². The predicted octanol–water partition coefficient (Wildman–Crippen LogP) is 2.63. The van der Waals surface area contributed by atoms with Gasteiger partial charge in [0.2, 0.25) is 0 Å². The quantitative estimate of drug-likeness (QED) is 0.741. The fourth-order valence-electron chi connectivity index (χ4n) is 0.692. The van der Waals surface area contributed by atoms with Gasteiger partial charge in [0.05, 0.1) is 5.69 Å². The normalized spacial score (nSPS) is 9.50. The second kappa shape index (κ2) is 3.01. The van der Waals surface area contributed by atoms with E-state index < -0.39 is 0 Å². The predicted molar refractivity (Wildman–Crippen MR) is 43.6 cm³/mol. The molecule has 0 aliphatic heterocycles. The Bertz CT molecular complexity index is 237. The molecule has 1 aromatic carbocycles. The molecular formula is C7H7BrFN. The van der Waals surface area contributed by atoms with Crippen LogP contribution >= 0.6 is 15.9 Å². The highest BCUT2D eigenvalue weighted by molar-refractivity contribution is 9.10. The van der Waals surface area contributed by atoms with Crippen molar-refractivity contribution in [2.75, 3.05) is 12.4 Å². The Morgan fingerprint density at radius 3 is 2.70 bits per heavy atom. The summed E-state index contributed by atoms with van der Waals surface area (Å²) in [5.41, 5.74) is 0.517. The summed E-state index contributed by atoms with van der Waals surface area (Å²) in [5.74, 6) is -0.239. The van der Waals surface area contributed by atoms with Crippen molar-refractivity contribution in [3.63, 3.8) is 0 Å². The van der Waals surface area contributed by atoms with Gasteiger partial charge in [0.1, 0.15) is 5.82 Å². The molecule has 0 aromatic heterocycles. The number of hydrogen-bond acceptors (Lipinski definition) is 1. The molecule has 3 heteroatoms. The van der Waals surface area contributed by atoms with E-state index in [1.54, 1.807) is 19.2 Å². The van der Waals surface area contributed by atoms with Gasteiger partial charge >= 0.3 is 0 Å². The van der Waals surface area contributed by atoms with E-state index in [4.69, 9.17) is 0 Å². The van der Waals surface area contributed by atoms with Gasteiger partial charge in [-0.25, -0.2) is 4.39 Å². The summed E-state index contributed by atoms with van der Waals surface area (Å²) in [6, 6.07) is 4.89. The molecule has 0 amide bonds. The molecule has 0 saturated carbocycles. The second-order valence-corrected chi connectivity index (χ2v) is 2.79. The number of benzene rings is 1. The lowest BCUT2D eigenvalue weighted by molar-refractivity contribution is 0.630. The van der Waals surface area contributed by atoms with Crippen LogP contribution in [0.15, 0.2) is 22.7 Å². The van der Waals surface area contributed by atoms with Gasteiger partial charge in [-0.1, -0.05) is 15.9 Å². The maximum atomic E-state index is 12.8. The summed E-state index contributed by atoms with van der Waals surface area (Å²) in [5, 5.41) is 2.73. The summed E-state index contributed by atoms with van der Waals surface area (Å²) < 4.78 is 13.5. The Hall–Kier alpha value is -0.570. The van der Waals surface area contributed by atoms with Gasteiger partial charge in [-0.2, -0.15) is 0 Å². The zero-order valence-electron chi connectivity index (χ0n) is 5.49. The van der Waals surface area contributed by atoms with Crippen LogP contribution < -0.4 is 5.32 Å². The maximum Gasteiger partial charge on any atom is 0.147 e. The summed E-state index contributed by atoms with van der Waals surface area (Å²) in [6.45, 7) is 0. The summed E-state index contributed by atoms with van der Waals surface area (Å²) >= 11 is 3.16. The van der Waals surface area contributed by atoms with Crippen LogP contribution in [-0.4, -0.2) is 7.05 Å². The average molecular weight is 204 g/mol. The highest BCUT2D eigenvalue weighted by Gasteiger charge is 1.97. The number of hydrogen-bond donors (Lipinski definition) is 1. The molecule has 1 rings (SSSR count). The van der Waals surface area contributed by atoms with Gasteiger partial charge in [0.25, 0.3) is 0 Å². The molecular weight excluding hydrogens is 197 g/mol. The molecule has 1 nitrogen and oxygen atoms in total. The van der Waals surface area contributed by atoms with Gasteiger partial charge in [0, 0.05) is 11.5 Å². The van der Waals surface area contributed by atoms with Crippen LogP contribution in [0, 0.1) is 5.82 Å². The van der Waals surface area contributed by atoms with Crippen molar-refractivity contribution < 1.29 is 4.39 Å². The van der Waals surface area contributed by atoms with Gasteiger partial charge in [-0.15, -0.1) is 0 Å². The molecule has 0 aliphatic carbocycles. The summed E-state index contributed by atoms with van der Waals surface area (Å²) in [4.78, 5) is 0. The summed E-state index contributed by atoms with van der Waals surface area (Å²) in [7, 11) is 1.69. The molecule has 0 bridgehead atoms. The van der Waals surface area contributed by atoms with E-state index in [9.17, 15) is 4.39 Å². The minimum Gasteiger partial charge on any atom is -0.386 e.